The number of anilines is 1. The summed E-state index contributed by atoms with van der Waals surface area (Å²) in [7, 11) is 1.64. The van der Waals surface area contributed by atoms with Crippen LogP contribution in [0.4, 0.5) is 5.13 Å². The number of ether oxygens (including phenoxy) is 2. The summed E-state index contributed by atoms with van der Waals surface area (Å²) in [6.45, 7) is 1.91. The standard InChI is InChI=1S/C20H21N3O3S/c1-3-17(26-16-7-5-4-6-8-16)19(24)21-20-23-22-18(27-20)13-14-9-11-15(25-2)12-10-14/h4-12,17H,3,13H2,1-2H3,(H,21,23,24)/t17-/m1/s1. The molecule has 1 N–H and O–H groups in total. The van der Waals surface area contributed by atoms with E-state index in [9.17, 15) is 4.79 Å². The molecular weight excluding hydrogens is 362 g/mol. The SMILES string of the molecule is CC[C@@H](Oc1ccccc1)C(=O)Nc1nnc(Cc2ccc(OC)cc2)s1. The number of carbonyl (C=O) groups is 1. The topological polar surface area (TPSA) is 73.3 Å². The molecule has 0 saturated carbocycles. The van der Waals surface area contributed by atoms with Gasteiger partial charge < -0.3 is 9.47 Å². The van der Waals surface area contributed by atoms with Crippen molar-refractivity contribution in [3.8, 4) is 11.5 Å². The number of rotatable bonds is 8. The first-order valence-corrected chi connectivity index (χ1v) is 9.47. The van der Waals surface area contributed by atoms with Crippen LogP contribution in [-0.2, 0) is 11.2 Å². The Hall–Kier alpha value is -2.93. The van der Waals surface area contributed by atoms with Crippen molar-refractivity contribution in [2.45, 2.75) is 25.9 Å². The number of hydrogen-bond acceptors (Lipinski definition) is 6. The number of hydrogen-bond donors (Lipinski definition) is 1. The average Bonchev–Trinajstić information content (AvgIpc) is 3.14. The normalized spacial score (nSPS) is 11.6. The third-order valence-corrected chi connectivity index (χ3v) is 4.73. The number of benzene rings is 2. The van der Waals surface area contributed by atoms with Gasteiger partial charge in [-0.1, -0.05) is 48.6 Å². The lowest BCUT2D eigenvalue weighted by Gasteiger charge is -2.16. The minimum Gasteiger partial charge on any atom is -0.497 e. The molecule has 0 unspecified atom stereocenters. The summed E-state index contributed by atoms with van der Waals surface area (Å²) in [6.07, 6.45) is 0.620. The number of nitrogens with zero attached hydrogens (tertiary/aromatic N) is 2. The largest absolute Gasteiger partial charge is 0.497 e. The Morgan fingerprint density at radius 3 is 2.48 bits per heavy atom. The number of para-hydroxylation sites is 1. The van der Waals surface area contributed by atoms with Crippen LogP contribution in [0.3, 0.4) is 0 Å². The fourth-order valence-electron chi connectivity index (χ4n) is 2.47. The first kappa shape index (κ1) is 18.8. The first-order valence-electron chi connectivity index (χ1n) is 8.65. The van der Waals surface area contributed by atoms with Gasteiger partial charge in [0.25, 0.3) is 5.91 Å². The molecule has 0 aliphatic carbocycles. The Morgan fingerprint density at radius 1 is 1.07 bits per heavy atom. The molecule has 1 aromatic heterocycles. The Morgan fingerprint density at radius 2 is 1.81 bits per heavy atom. The zero-order valence-corrected chi connectivity index (χ0v) is 16.0. The summed E-state index contributed by atoms with van der Waals surface area (Å²) in [5.74, 6) is 1.25. The molecule has 3 aromatic rings. The molecule has 0 bridgehead atoms. The molecule has 0 spiro atoms. The van der Waals surface area contributed by atoms with Crippen molar-refractivity contribution in [1.29, 1.82) is 0 Å². The zero-order valence-electron chi connectivity index (χ0n) is 15.2. The van der Waals surface area contributed by atoms with Gasteiger partial charge >= 0.3 is 0 Å². The molecule has 7 heteroatoms. The van der Waals surface area contributed by atoms with E-state index in [0.29, 0.717) is 23.7 Å². The summed E-state index contributed by atoms with van der Waals surface area (Å²) in [5.41, 5.74) is 1.10. The second kappa shape index (κ2) is 9.14. The molecule has 140 valence electrons. The van der Waals surface area contributed by atoms with E-state index in [1.165, 1.54) is 11.3 Å². The van der Waals surface area contributed by atoms with Crippen LogP contribution >= 0.6 is 11.3 Å². The van der Waals surface area contributed by atoms with E-state index in [0.717, 1.165) is 16.3 Å². The van der Waals surface area contributed by atoms with Crippen LogP contribution in [0.1, 0.15) is 23.9 Å². The first-order chi connectivity index (χ1) is 13.2. The van der Waals surface area contributed by atoms with Gasteiger partial charge in [-0.15, -0.1) is 10.2 Å². The third kappa shape index (κ3) is 5.27. The van der Waals surface area contributed by atoms with E-state index in [4.69, 9.17) is 9.47 Å². The molecule has 0 saturated heterocycles. The van der Waals surface area contributed by atoms with Gasteiger partial charge in [0.1, 0.15) is 16.5 Å². The average molecular weight is 383 g/mol. The lowest BCUT2D eigenvalue weighted by Crippen LogP contribution is -2.32. The molecule has 3 rings (SSSR count). The Balaban J connectivity index is 1.59. The van der Waals surface area contributed by atoms with Crippen LogP contribution in [0.25, 0.3) is 0 Å². The van der Waals surface area contributed by atoms with Gasteiger partial charge in [-0.3, -0.25) is 10.1 Å². The van der Waals surface area contributed by atoms with Crippen molar-refractivity contribution in [3.63, 3.8) is 0 Å². The predicted molar refractivity (Wildman–Crippen MR) is 105 cm³/mol. The van der Waals surface area contributed by atoms with Crippen LogP contribution in [0.5, 0.6) is 11.5 Å². The Kier molecular flexibility index (Phi) is 6.38. The smallest absolute Gasteiger partial charge is 0.267 e. The maximum atomic E-state index is 12.5. The van der Waals surface area contributed by atoms with Crippen molar-refractivity contribution in [2.24, 2.45) is 0 Å². The predicted octanol–water partition coefficient (Wildman–Crippen LogP) is 3.93. The molecule has 1 amide bonds. The van der Waals surface area contributed by atoms with Gasteiger partial charge in [-0.05, 0) is 36.2 Å². The molecule has 0 fully saturated rings. The van der Waals surface area contributed by atoms with Gasteiger partial charge in [0.05, 0.1) is 7.11 Å². The van der Waals surface area contributed by atoms with Crippen molar-refractivity contribution in [2.75, 3.05) is 12.4 Å². The van der Waals surface area contributed by atoms with E-state index >= 15 is 0 Å². The Labute approximate surface area is 162 Å². The van der Waals surface area contributed by atoms with Gasteiger partial charge in [0, 0.05) is 6.42 Å². The number of nitrogens with one attached hydrogen (secondary N) is 1. The highest BCUT2D eigenvalue weighted by Gasteiger charge is 2.20. The monoisotopic (exact) mass is 383 g/mol. The van der Waals surface area contributed by atoms with Crippen LogP contribution in [0, 0.1) is 0 Å². The highest BCUT2D eigenvalue weighted by molar-refractivity contribution is 7.15. The maximum absolute atomic E-state index is 12.5. The number of methoxy groups -OCH3 is 1. The van der Waals surface area contributed by atoms with Crippen LogP contribution in [0.15, 0.2) is 54.6 Å². The third-order valence-electron chi connectivity index (χ3n) is 3.90. The van der Waals surface area contributed by atoms with Gasteiger partial charge in [-0.2, -0.15) is 0 Å². The van der Waals surface area contributed by atoms with E-state index in [-0.39, 0.29) is 5.91 Å². The number of aromatic nitrogens is 2. The lowest BCUT2D eigenvalue weighted by molar-refractivity contribution is -0.122. The van der Waals surface area contributed by atoms with Crippen molar-refractivity contribution < 1.29 is 14.3 Å². The molecule has 1 atom stereocenters. The lowest BCUT2D eigenvalue weighted by atomic mass is 10.1. The molecule has 0 aliphatic rings. The minimum absolute atomic E-state index is 0.228. The molecule has 27 heavy (non-hydrogen) atoms. The number of amides is 1. The summed E-state index contributed by atoms with van der Waals surface area (Å²) >= 11 is 1.36. The quantitative estimate of drug-likeness (QED) is 0.638. The minimum atomic E-state index is -0.582. The summed E-state index contributed by atoms with van der Waals surface area (Å²) in [6, 6.07) is 17.1. The maximum Gasteiger partial charge on any atom is 0.267 e. The van der Waals surface area contributed by atoms with E-state index in [1.807, 2.05) is 61.5 Å². The van der Waals surface area contributed by atoms with Crippen LogP contribution in [-0.4, -0.2) is 29.3 Å². The molecular formula is C20H21N3O3S. The van der Waals surface area contributed by atoms with Gasteiger partial charge in [0.2, 0.25) is 5.13 Å². The van der Waals surface area contributed by atoms with Crippen LogP contribution < -0.4 is 14.8 Å². The summed E-state index contributed by atoms with van der Waals surface area (Å²) in [5, 5.41) is 12.3. The molecule has 6 nitrogen and oxygen atoms in total. The fraction of sp³-hybridized carbons (Fsp3) is 0.250. The van der Waals surface area contributed by atoms with Crippen molar-refractivity contribution >= 4 is 22.4 Å². The molecule has 0 radical (unpaired) electrons. The van der Waals surface area contributed by atoms with Crippen LogP contribution in [0.2, 0.25) is 0 Å². The zero-order chi connectivity index (χ0) is 19.1. The summed E-state index contributed by atoms with van der Waals surface area (Å²) < 4.78 is 10.9. The highest BCUT2D eigenvalue weighted by atomic mass is 32.1. The second-order valence-corrected chi connectivity index (χ2v) is 6.90. The Bertz CT molecular complexity index is 866. The molecule has 2 aromatic carbocycles. The second-order valence-electron chi connectivity index (χ2n) is 5.84. The highest BCUT2D eigenvalue weighted by Crippen LogP contribution is 2.21. The molecule has 1 heterocycles. The number of carbonyl (C=O) groups excluding carboxylic acids is 1. The van der Waals surface area contributed by atoms with Crippen molar-refractivity contribution in [1.82, 2.24) is 10.2 Å². The molecule has 0 aliphatic heterocycles. The van der Waals surface area contributed by atoms with E-state index in [1.54, 1.807) is 7.11 Å². The van der Waals surface area contributed by atoms with Crippen molar-refractivity contribution in [3.05, 3.63) is 65.2 Å². The van der Waals surface area contributed by atoms with Gasteiger partial charge in [-0.25, -0.2) is 0 Å². The fourth-order valence-corrected chi connectivity index (χ4v) is 3.24. The summed E-state index contributed by atoms with van der Waals surface area (Å²) in [4.78, 5) is 12.5. The van der Waals surface area contributed by atoms with E-state index < -0.39 is 6.10 Å². The van der Waals surface area contributed by atoms with E-state index in [2.05, 4.69) is 15.5 Å². The van der Waals surface area contributed by atoms with Gasteiger partial charge in [0.15, 0.2) is 6.10 Å².